The summed E-state index contributed by atoms with van der Waals surface area (Å²) in [5.74, 6) is 0.823. The first kappa shape index (κ1) is 16.1. The Kier molecular flexibility index (Phi) is 5.08. The van der Waals surface area contributed by atoms with E-state index in [1.54, 1.807) is 0 Å². The van der Waals surface area contributed by atoms with Gasteiger partial charge in [-0.3, -0.25) is 4.79 Å². The summed E-state index contributed by atoms with van der Waals surface area (Å²) in [7, 11) is 0. The maximum absolute atomic E-state index is 12.8. The normalized spacial score (nSPS) is 15.2. The quantitative estimate of drug-likeness (QED) is 0.908. The highest BCUT2D eigenvalue weighted by Crippen LogP contribution is 2.31. The summed E-state index contributed by atoms with van der Waals surface area (Å²) in [6, 6.07) is 0.164. The van der Waals surface area contributed by atoms with Crippen molar-refractivity contribution in [2.45, 2.75) is 46.6 Å². The van der Waals surface area contributed by atoms with Crippen LogP contribution in [0.3, 0.4) is 0 Å². The van der Waals surface area contributed by atoms with Gasteiger partial charge in [0.2, 0.25) is 0 Å². The molecular formula is C15H26N4OS. The summed E-state index contributed by atoms with van der Waals surface area (Å²) in [5.41, 5.74) is 6.00. The third-order valence-electron chi connectivity index (χ3n) is 3.66. The fraction of sp³-hybridized carbons (Fsp3) is 0.733. The molecule has 0 spiro atoms. The van der Waals surface area contributed by atoms with Gasteiger partial charge in [0, 0.05) is 25.7 Å². The van der Waals surface area contributed by atoms with Crippen molar-refractivity contribution in [1.29, 1.82) is 0 Å². The summed E-state index contributed by atoms with van der Waals surface area (Å²) in [4.78, 5) is 21.9. The van der Waals surface area contributed by atoms with Crippen LogP contribution in [0, 0.1) is 5.92 Å². The highest BCUT2D eigenvalue weighted by atomic mass is 32.1. The smallest absolute Gasteiger partial charge is 0.268 e. The van der Waals surface area contributed by atoms with Crippen LogP contribution in [0.2, 0.25) is 0 Å². The van der Waals surface area contributed by atoms with Crippen molar-refractivity contribution >= 4 is 28.2 Å². The molecule has 118 valence electrons. The van der Waals surface area contributed by atoms with Crippen LogP contribution in [0.5, 0.6) is 0 Å². The summed E-state index contributed by atoms with van der Waals surface area (Å²) >= 11 is 1.44. The van der Waals surface area contributed by atoms with Crippen molar-refractivity contribution in [1.82, 2.24) is 9.88 Å². The fourth-order valence-electron chi connectivity index (χ4n) is 2.57. The van der Waals surface area contributed by atoms with Gasteiger partial charge < -0.3 is 15.5 Å². The average Bonchev–Trinajstić information content (AvgIpc) is 3.03. The maximum Gasteiger partial charge on any atom is 0.268 e. The van der Waals surface area contributed by atoms with Crippen LogP contribution in [0.1, 0.15) is 50.2 Å². The second-order valence-corrected chi connectivity index (χ2v) is 7.33. The molecule has 0 radical (unpaired) electrons. The van der Waals surface area contributed by atoms with Crippen molar-refractivity contribution < 1.29 is 4.79 Å². The lowest BCUT2D eigenvalue weighted by molar-refractivity contribution is 0.0688. The van der Waals surface area contributed by atoms with Crippen LogP contribution in [-0.2, 0) is 0 Å². The Labute approximate surface area is 131 Å². The van der Waals surface area contributed by atoms with Gasteiger partial charge in [0.15, 0.2) is 5.13 Å². The predicted octanol–water partition coefficient (Wildman–Crippen LogP) is 2.83. The Hall–Kier alpha value is -1.30. The Morgan fingerprint density at radius 2 is 1.95 bits per heavy atom. The lowest BCUT2D eigenvalue weighted by Crippen LogP contribution is -2.39. The first-order chi connectivity index (χ1) is 9.90. The molecule has 1 aliphatic rings. The van der Waals surface area contributed by atoms with E-state index in [2.05, 4.69) is 23.7 Å². The molecule has 0 aromatic carbocycles. The van der Waals surface area contributed by atoms with E-state index in [1.807, 2.05) is 18.7 Å². The molecular weight excluding hydrogens is 284 g/mol. The molecule has 21 heavy (non-hydrogen) atoms. The van der Waals surface area contributed by atoms with E-state index in [4.69, 9.17) is 5.73 Å². The number of amides is 1. The molecule has 1 amide bonds. The molecule has 1 aromatic heterocycles. The Bertz CT molecular complexity index is 492. The van der Waals surface area contributed by atoms with E-state index >= 15 is 0 Å². The summed E-state index contributed by atoms with van der Waals surface area (Å²) in [6.45, 7) is 11.1. The number of nitrogen functional groups attached to an aromatic ring is 1. The molecule has 1 fully saturated rings. The number of aromatic nitrogens is 1. The monoisotopic (exact) mass is 310 g/mol. The van der Waals surface area contributed by atoms with Gasteiger partial charge in [0.25, 0.3) is 5.91 Å². The second-order valence-electron chi connectivity index (χ2n) is 6.35. The number of hydrogen-bond acceptors (Lipinski definition) is 5. The lowest BCUT2D eigenvalue weighted by Gasteiger charge is -2.28. The van der Waals surface area contributed by atoms with Crippen molar-refractivity contribution in [3.8, 4) is 0 Å². The standard InChI is InChI=1S/C15H26N4OS/c1-10(2)9-19(11(3)4)14(20)12-13(16)17-15(21-12)18-7-5-6-8-18/h10-11H,5-9,16H2,1-4H3. The van der Waals surface area contributed by atoms with Crippen LogP contribution in [0.4, 0.5) is 10.9 Å². The van der Waals surface area contributed by atoms with Gasteiger partial charge in [0.05, 0.1) is 0 Å². The SMILES string of the molecule is CC(C)CN(C(=O)c1sc(N2CCCC2)nc1N)C(C)C. The number of hydrogen-bond donors (Lipinski definition) is 1. The van der Waals surface area contributed by atoms with E-state index in [1.165, 1.54) is 24.2 Å². The number of anilines is 2. The first-order valence-corrected chi connectivity index (χ1v) is 8.54. The molecule has 1 aromatic rings. The Morgan fingerprint density at radius 1 is 1.33 bits per heavy atom. The number of carbonyl (C=O) groups is 1. The summed E-state index contributed by atoms with van der Waals surface area (Å²) in [6.07, 6.45) is 2.38. The van der Waals surface area contributed by atoms with Gasteiger partial charge in [-0.15, -0.1) is 0 Å². The van der Waals surface area contributed by atoms with E-state index in [-0.39, 0.29) is 11.9 Å². The van der Waals surface area contributed by atoms with Crippen molar-refractivity contribution in [3.63, 3.8) is 0 Å². The van der Waals surface area contributed by atoms with Gasteiger partial charge in [-0.1, -0.05) is 25.2 Å². The minimum atomic E-state index is 0.0131. The predicted molar refractivity (Wildman–Crippen MR) is 89.0 cm³/mol. The van der Waals surface area contributed by atoms with E-state index < -0.39 is 0 Å². The Balaban J connectivity index is 2.21. The van der Waals surface area contributed by atoms with Crippen LogP contribution in [0.25, 0.3) is 0 Å². The second kappa shape index (κ2) is 6.64. The van der Waals surface area contributed by atoms with E-state index in [9.17, 15) is 4.79 Å². The highest BCUT2D eigenvalue weighted by Gasteiger charge is 2.26. The molecule has 2 rings (SSSR count). The molecule has 0 aliphatic carbocycles. The van der Waals surface area contributed by atoms with Crippen LogP contribution in [-0.4, -0.2) is 41.5 Å². The zero-order valence-electron chi connectivity index (χ0n) is 13.4. The van der Waals surface area contributed by atoms with Gasteiger partial charge in [-0.25, -0.2) is 4.98 Å². The minimum Gasteiger partial charge on any atom is -0.382 e. The number of nitrogens with two attached hydrogens (primary N) is 1. The number of nitrogens with zero attached hydrogens (tertiary/aromatic N) is 3. The zero-order chi connectivity index (χ0) is 15.6. The van der Waals surface area contributed by atoms with E-state index in [0.717, 1.165) is 24.8 Å². The molecule has 0 atom stereocenters. The molecule has 1 aliphatic heterocycles. The van der Waals surface area contributed by atoms with Crippen molar-refractivity contribution in [2.75, 3.05) is 30.3 Å². The molecule has 2 N–H and O–H groups in total. The van der Waals surface area contributed by atoms with Gasteiger partial charge in [0.1, 0.15) is 10.7 Å². The number of rotatable bonds is 5. The molecule has 6 heteroatoms. The number of thiazole rings is 1. The van der Waals surface area contributed by atoms with Crippen LogP contribution < -0.4 is 10.6 Å². The minimum absolute atomic E-state index is 0.0131. The molecule has 2 heterocycles. The van der Waals surface area contributed by atoms with Crippen LogP contribution >= 0.6 is 11.3 Å². The molecule has 5 nitrogen and oxygen atoms in total. The lowest BCUT2D eigenvalue weighted by atomic mass is 10.1. The van der Waals surface area contributed by atoms with E-state index in [0.29, 0.717) is 16.6 Å². The largest absolute Gasteiger partial charge is 0.382 e. The zero-order valence-corrected chi connectivity index (χ0v) is 14.2. The van der Waals surface area contributed by atoms with Gasteiger partial charge in [-0.05, 0) is 32.6 Å². The van der Waals surface area contributed by atoms with Gasteiger partial charge >= 0.3 is 0 Å². The third-order valence-corrected chi connectivity index (χ3v) is 4.78. The fourth-order valence-corrected chi connectivity index (χ4v) is 3.56. The average molecular weight is 310 g/mol. The highest BCUT2D eigenvalue weighted by molar-refractivity contribution is 7.18. The van der Waals surface area contributed by atoms with Gasteiger partial charge in [-0.2, -0.15) is 0 Å². The molecule has 0 bridgehead atoms. The molecule has 0 unspecified atom stereocenters. The van der Waals surface area contributed by atoms with Crippen LogP contribution in [0.15, 0.2) is 0 Å². The Morgan fingerprint density at radius 3 is 2.48 bits per heavy atom. The molecule has 1 saturated heterocycles. The topological polar surface area (TPSA) is 62.5 Å². The maximum atomic E-state index is 12.8. The first-order valence-electron chi connectivity index (χ1n) is 7.72. The summed E-state index contributed by atoms with van der Waals surface area (Å²) in [5, 5.41) is 0.890. The third kappa shape index (κ3) is 3.67. The van der Waals surface area contributed by atoms with Crippen molar-refractivity contribution in [3.05, 3.63) is 4.88 Å². The van der Waals surface area contributed by atoms with Crippen molar-refractivity contribution in [2.24, 2.45) is 5.92 Å². The number of carbonyl (C=O) groups excluding carboxylic acids is 1. The molecule has 0 saturated carbocycles. The summed E-state index contributed by atoms with van der Waals surface area (Å²) < 4.78 is 0.